The van der Waals surface area contributed by atoms with Gasteiger partial charge < -0.3 is 0 Å². The summed E-state index contributed by atoms with van der Waals surface area (Å²) in [5.74, 6) is -0.185. The lowest BCUT2D eigenvalue weighted by Gasteiger charge is -2.34. The first kappa shape index (κ1) is 24.5. The number of hydrogen-bond acceptors (Lipinski definition) is 2. The Bertz CT molecular complexity index is 875. The monoisotopic (exact) mass is 435 g/mol. The van der Waals surface area contributed by atoms with Crippen molar-refractivity contribution in [3.05, 3.63) is 46.5 Å². The lowest BCUT2D eigenvalue weighted by molar-refractivity contribution is 0.0517. The summed E-state index contributed by atoms with van der Waals surface area (Å²) in [6.45, 7) is 8.58. The molecule has 3 rings (SSSR count). The quantitative estimate of drug-likeness (QED) is 0.235. The summed E-state index contributed by atoms with van der Waals surface area (Å²) in [4.78, 5) is 28.9. The molecule has 3 heteroatoms. The molecule has 0 aliphatic carbocycles. The van der Waals surface area contributed by atoms with Crippen LogP contribution in [0, 0.1) is 13.8 Å². The van der Waals surface area contributed by atoms with Gasteiger partial charge in [-0.1, -0.05) is 90.2 Å². The number of rotatable bonds is 13. The SMILES string of the molecule is CCCCCCCC(CCCCCCC)N1C(=O)c2ccc(C)c3c(C)ccc(c23)C1=O. The molecule has 0 saturated carbocycles. The van der Waals surface area contributed by atoms with E-state index in [-0.39, 0.29) is 17.9 Å². The standard InChI is InChI=1S/C29H41NO2/c1-5-7-9-11-13-15-23(16-14-12-10-8-6-2)30-28(31)24-19-17-21(3)26-22(4)18-20-25(27(24)26)29(30)32/h17-20,23H,5-16H2,1-4H3. The van der Waals surface area contributed by atoms with Gasteiger partial charge in [0, 0.05) is 22.6 Å². The molecule has 0 unspecified atom stereocenters. The molecule has 32 heavy (non-hydrogen) atoms. The van der Waals surface area contributed by atoms with Gasteiger partial charge in [0.25, 0.3) is 11.8 Å². The van der Waals surface area contributed by atoms with Gasteiger partial charge in [-0.2, -0.15) is 0 Å². The van der Waals surface area contributed by atoms with Crippen LogP contribution in [0.15, 0.2) is 24.3 Å². The first-order chi connectivity index (χ1) is 15.5. The molecule has 1 aliphatic heterocycles. The van der Waals surface area contributed by atoms with Gasteiger partial charge in [0.2, 0.25) is 0 Å². The lowest BCUT2D eigenvalue weighted by Crippen LogP contribution is -2.47. The van der Waals surface area contributed by atoms with E-state index in [9.17, 15) is 9.59 Å². The maximum atomic E-state index is 13.7. The van der Waals surface area contributed by atoms with Crippen LogP contribution in [0.4, 0.5) is 0 Å². The molecule has 1 heterocycles. The normalized spacial score (nSPS) is 13.6. The van der Waals surface area contributed by atoms with E-state index < -0.39 is 0 Å². The molecule has 3 nitrogen and oxygen atoms in total. The summed E-state index contributed by atoms with van der Waals surface area (Å²) in [7, 11) is 0. The largest absolute Gasteiger partial charge is 0.271 e. The third-order valence-corrected chi connectivity index (χ3v) is 7.12. The van der Waals surface area contributed by atoms with Crippen LogP contribution >= 0.6 is 0 Å². The molecule has 0 aromatic heterocycles. The van der Waals surface area contributed by atoms with E-state index in [1.165, 1.54) is 51.4 Å². The molecule has 174 valence electrons. The number of aryl methyl sites for hydroxylation is 2. The number of hydrogen-bond donors (Lipinski definition) is 0. The molecule has 2 amide bonds. The zero-order chi connectivity index (χ0) is 23.1. The lowest BCUT2D eigenvalue weighted by atomic mass is 9.87. The van der Waals surface area contributed by atoms with Gasteiger partial charge in [0.1, 0.15) is 0 Å². The molecular formula is C29H41NO2. The van der Waals surface area contributed by atoms with Crippen LogP contribution in [0.1, 0.15) is 123 Å². The fourth-order valence-corrected chi connectivity index (χ4v) is 5.28. The van der Waals surface area contributed by atoms with Gasteiger partial charge in [0.15, 0.2) is 0 Å². The zero-order valence-electron chi connectivity index (χ0n) is 20.6. The molecule has 0 fully saturated rings. The molecule has 0 saturated heterocycles. The van der Waals surface area contributed by atoms with Crippen LogP contribution in [0.5, 0.6) is 0 Å². The summed E-state index contributed by atoms with van der Waals surface area (Å²) >= 11 is 0. The van der Waals surface area contributed by atoms with E-state index in [0.717, 1.165) is 47.6 Å². The fraction of sp³-hybridized carbons (Fsp3) is 0.586. The summed E-state index contributed by atoms with van der Waals surface area (Å²) in [6.07, 6.45) is 13.8. The van der Waals surface area contributed by atoms with Crippen LogP contribution in [-0.2, 0) is 0 Å². The number of carbonyl (C=O) groups excluding carboxylic acids is 2. The molecule has 0 N–H and O–H groups in total. The van der Waals surface area contributed by atoms with E-state index in [4.69, 9.17) is 0 Å². The van der Waals surface area contributed by atoms with Gasteiger partial charge >= 0.3 is 0 Å². The van der Waals surface area contributed by atoms with Crippen molar-refractivity contribution in [2.75, 3.05) is 0 Å². The number of unbranched alkanes of at least 4 members (excludes halogenated alkanes) is 8. The Hall–Kier alpha value is -2.16. The van der Waals surface area contributed by atoms with E-state index in [1.54, 1.807) is 4.90 Å². The van der Waals surface area contributed by atoms with Crippen LogP contribution in [-0.4, -0.2) is 22.8 Å². The maximum absolute atomic E-state index is 13.7. The number of imide groups is 1. The van der Waals surface area contributed by atoms with Crippen LogP contribution < -0.4 is 0 Å². The first-order valence-corrected chi connectivity index (χ1v) is 12.9. The average molecular weight is 436 g/mol. The molecule has 2 aromatic carbocycles. The second kappa shape index (κ2) is 11.6. The zero-order valence-corrected chi connectivity index (χ0v) is 20.6. The van der Waals surface area contributed by atoms with Crippen molar-refractivity contribution in [1.82, 2.24) is 4.90 Å². The highest BCUT2D eigenvalue weighted by atomic mass is 16.2. The van der Waals surface area contributed by atoms with Crippen molar-refractivity contribution in [1.29, 1.82) is 0 Å². The van der Waals surface area contributed by atoms with Crippen molar-refractivity contribution >= 4 is 22.6 Å². The number of amides is 2. The molecule has 0 radical (unpaired) electrons. The number of carbonyl (C=O) groups is 2. The Morgan fingerprint density at radius 1 is 0.625 bits per heavy atom. The predicted octanol–water partition coefficient (Wildman–Crippen LogP) is 8.14. The van der Waals surface area contributed by atoms with Gasteiger partial charge in [-0.25, -0.2) is 0 Å². The minimum absolute atomic E-state index is 0.00376. The van der Waals surface area contributed by atoms with Crippen LogP contribution in [0.2, 0.25) is 0 Å². The van der Waals surface area contributed by atoms with E-state index in [2.05, 4.69) is 27.7 Å². The second-order valence-corrected chi connectivity index (χ2v) is 9.65. The van der Waals surface area contributed by atoms with Gasteiger partial charge in [0.05, 0.1) is 0 Å². The fourth-order valence-electron chi connectivity index (χ4n) is 5.28. The minimum Gasteiger partial charge on any atom is -0.271 e. The molecule has 2 aromatic rings. The predicted molar refractivity (Wildman–Crippen MR) is 134 cm³/mol. The number of benzene rings is 2. The topological polar surface area (TPSA) is 37.4 Å². The Labute approximate surface area is 194 Å². The van der Waals surface area contributed by atoms with Crippen molar-refractivity contribution in [3.8, 4) is 0 Å². The van der Waals surface area contributed by atoms with E-state index in [1.807, 2.05) is 24.3 Å². The Kier molecular flexibility index (Phi) is 8.90. The summed E-state index contributed by atoms with van der Waals surface area (Å²) in [6, 6.07) is 7.93. The Morgan fingerprint density at radius 3 is 1.50 bits per heavy atom. The van der Waals surface area contributed by atoms with Gasteiger partial charge in [-0.05, 0) is 55.3 Å². The smallest absolute Gasteiger partial charge is 0.261 e. The average Bonchev–Trinajstić information content (AvgIpc) is 2.78. The molecule has 0 spiro atoms. The molecule has 0 atom stereocenters. The molecular weight excluding hydrogens is 394 g/mol. The third-order valence-electron chi connectivity index (χ3n) is 7.12. The minimum atomic E-state index is -0.0924. The van der Waals surface area contributed by atoms with Crippen LogP contribution in [0.25, 0.3) is 10.8 Å². The van der Waals surface area contributed by atoms with Crippen LogP contribution in [0.3, 0.4) is 0 Å². The third kappa shape index (κ3) is 5.24. The highest BCUT2D eigenvalue weighted by Crippen LogP contribution is 2.36. The number of nitrogens with zero attached hydrogens (tertiary/aromatic N) is 1. The van der Waals surface area contributed by atoms with Gasteiger partial charge in [-0.3, -0.25) is 14.5 Å². The van der Waals surface area contributed by atoms with Crippen molar-refractivity contribution in [3.63, 3.8) is 0 Å². The Morgan fingerprint density at radius 2 is 1.06 bits per heavy atom. The maximum Gasteiger partial charge on any atom is 0.261 e. The highest BCUT2D eigenvalue weighted by molar-refractivity contribution is 6.26. The molecule has 1 aliphatic rings. The van der Waals surface area contributed by atoms with E-state index in [0.29, 0.717) is 11.1 Å². The van der Waals surface area contributed by atoms with Crippen molar-refractivity contribution in [2.45, 2.75) is 111 Å². The van der Waals surface area contributed by atoms with Gasteiger partial charge in [-0.15, -0.1) is 0 Å². The summed E-state index contributed by atoms with van der Waals surface area (Å²) in [5, 5.41) is 1.93. The van der Waals surface area contributed by atoms with E-state index >= 15 is 0 Å². The van der Waals surface area contributed by atoms with Crippen molar-refractivity contribution in [2.24, 2.45) is 0 Å². The van der Waals surface area contributed by atoms with Crippen molar-refractivity contribution < 1.29 is 9.59 Å². The molecule has 0 bridgehead atoms. The second-order valence-electron chi connectivity index (χ2n) is 9.65. The summed E-state index contributed by atoms with van der Waals surface area (Å²) < 4.78 is 0. The summed E-state index contributed by atoms with van der Waals surface area (Å²) in [5.41, 5.74) is 3.65. The first-order valence-electron chi connectivity index (χ1n) is 12.9. The highest BCUT2D eigenvalue weighted by Gasteiger charge is 2.37. The Balaban J connectivity index is 1.86.